The number of likely N-dealkylation sites (tertiary alicyclic amines) is 1. The molecule has 2 aliphatic rings. The van der Waals surface area contributed by atoms with E-state index in [9.17, 15) is 9.59 Å². The van der Waals surface area contributed by atoms with Crippen molar-refractivity contribution < 1.29 is 19.1 Å². The summed E-state index contributed by atoms with van der Waals surface area (Å²) in [7, 11) is 0. The standard InChI is InChI=1S/C20H25NO4/c1-12(2)16-17-14(11-21(16)19(23)25-20(3,4)5)15(18(22)24-17)13-9-7-6-8-10-13/h6-10,12,16-17H,11H2,1-5H3/t16-,17+/m1/s1. The van der Waals surface area contributed by atoms with Gasteiger partial charge in [0.05, 0.1) is 18.2 Å². The van der Waals surface area contributed by atoms with Crippen LogP contribution < -0.4 is 0 Å². The van der Waals surface area contributed by atoms with Crippen molar-refractivity contribution in [3.8, 4) is 0 Å². The first-order chi connectivity index (χ1) is 11.7. The Labute approximate surface area is 148 Å². The van der Waals surface area contributed by atoms with Gasteiger partial charge in [-0.25, -0.2) is 9.59 Å². The zero-order valence-electron chi connectivity index (χ0n) is 15.4. The van der Waals surface area contributed by atoms with Crippen molar-refractivity contribution >= 4 is 17.6 Å². The summed E-state index contributed by atoms with van der Waals surface area (Å²) in [5.41, 5.74) is 1.73. The van der Waals surface area contributed by atoms with Gasteiger partial charge in [-0.3, -0.25) is 4.90 Å². The van der Waals surface area contributed by atoms with E-state index in [2.05, 4.69) is 0 Å². The molecule has 5 nitrogen and oxygen atoms in total. The molecule has 1 aromatic rings. The molecule has 1 fully saturated rings. The molecule has 0 aliphatic carbocycles. The van der Waals surface area contributed by atoms with Crippen LogP contribution in [-0.4, -0.2) is 41.3 Å². The van der Waals surface area contributed by atoms with Gasteiger partial charge in [-0.05, 0) is 32.3 Å². The van der Waals surface area contributed by atoms with E-state index in [0.29, 0.717) is 12.1 Å². The van der Waals surface area contributed by atoms with Crippen LogP contribution >= 0.6 is 0 Å². The maximum Gasteiger partial charge on any atom is 0.410 e. The Kier molecular flexibility index (Phi) is 4.35. The quantitative estimate of drug-likeness (QED) is 0.769. The minimum absolute atomic E-state index is 0.137. The zero-order valence-corrected chi connectivity index (χ0v) is 15.4. The molecule has 2 heterocycles. The zero-order chi connectivity index (χ0) is 18.4. The predicted octanol–water partition coefficient (Wildman–Crippen LogP) is 3.64. The van der Waals surface area contributed by atoms with E-state index in [4.69, 9.17) is 9.47 Å². The van der Waals surface area contributed by atoms with Crippen molar-refractivity contribution in [2.24, 2.45) is 5.92 Å². The number of nitrogens with zero attached hydrogens (tertiary/aromatic N) is 1. The Bertz CT molecular complexity index is 715. The summed E-state index contributed by atoms with van der Waals surface area (Å²) in [5.74, 6) is -0.168. The third-order valence-corrected chi connectivity index (χ3v) is 4.49. The molecular formula is C20H25NO4. The molecule has 2 aliphatic heterocycles. The number of carbonyl (C=O) groups excluding carboxylic acids is 2. The summed E-state index contributed by atoms with van der Waals surface area (Å²) in [6.07, 6.45) is -0.758. The molecule has 1 amide bonds. The molecular weight excluding hydrogens is 318 g/mol. The highest BCUT2D eigenvalue weighted by atomic mass is 16.6. The molecule has 1 aromatic carbocycles. The average molecular weight is 343 g/mol. The van der Waals surface area contributed by atoms with Gasteiger partial charge < -0.3 is 9.47 Å². The Balaban J connectivity index is 1.99. The molecule has 3 rings (SSSR count). The third kappa shape index (κ3) is 3.28. The van der Waals surface area contributed by atoms with Crippen LogP contribution in [0.4, 0.5) is 4.79 Å². The fourth-order valence-corrected chi connectivity index (χ4v) is 3.54. The molecule has 0 aromatic heterocycles. The topological polar surface area (TPSA) is 55.8 Å². The summed E-state index contributed by atoms with van der Waals surface area (Å²) < 4.78 is 11.2. The van der Waals surface area contributed by atoms with Crippen molar-refractivity contribution in [3.63, 3.8) is 0 Å². The second-order valence-corrected chi connectivity index (χ2v) is 7.94. The molecule has 0 bridgehead atoms. The molecule has 0 radical (unpaired) electrons. The van der Waals surface area contributed by atoms with E-state index in [1.807, 2.05) is 65.0 Å². The first kappa shape index (κ1) is 17.5. The number of benzene rings is 1. The second kappa shape index (κ2) is 6.21. The highest BCUT2D eigenvalue weighted by molar-refractivity contribution is 6.20. The van der Waals surface area contributed by atoms with Gasteiger partial charge in [0.1, 0.15) is 11.7 Å². The molecule has 0 saturated carbocycles. The van der Waals surface area contributed by atoms with Crippen LogP contribution in [0.3, 0.4) is 0 Å². The maximum absolute atomic E-state index is 12.7. The van der Waals surface area contributed by atoms with Gasteiger partial charge in [0.15, 0.2) is 0 Å². The molecule has 5 heteroatoms. The largest absolute Gasteiger partial charge is 0.452 e. The molecule has 0 spiro atoms. The van der Waals surface area contributed by atoms with E-state index in [-0.39, 0.29) is 24.0 Å². The lowest BCUT2D eigenvalue weighted by molar-refractivity contribution is -0.139. The lowest BCUT2D eigenvalue weighted by atomic mass is 9.94. The summed E-state index contributed by atoms with van der Waals surface area (Å²) in [5, 5.41) is 0. The molecule has 134 valence electrons. The predicted molar refractivity (Wildman–Crippen MR) is 94.8 cm³/mol. The smallest absolute Gasteiger partial charge is 0.410 e. The van der Waals surface area contributed by atoms with Gasteiger partial charge in [0.2, 0.25) is 0 Å². The Morgan fingerprint density at radius 3 is 2.44 bits per heavy atom. The number of amides is 1. The van der Waals surface area contributed by atoms with Crippen molar-refractivity contribution in [1.29, 1.82) is 0 Å². The minimum atomic E-state index is -0.566. The van der Waals surface area contributed by atoms with Gasteiger partial charge in [0, 0.05) is 5.57 Å². The van der Waals surface area contributed by atoms with Crippen LogP contribution in [0, 0.1) is 5.92 Å². The van der Waals surface area contributed by atoms with Crippen LogP contribution in [0.1, 0.15) is 40.2 Å². The van der Waals surface area contributed by atoms with Gasteiger partial charge in [-0.1, -0.05) is 44.2 Å². The number of carbonyl (C=O) groups is 2. The number of fused-ring (bicyclic) bond motifs is 1. The summed E-state index contributed by atoms with van der Waals surface area (Å²) in [4.78, 5) is 26.8. The van der Waals surface area contributed by atoms with E-state index in [0.717, 1.165) is 11.1 Å². The van der Waals surface area contributed by atoms with Crippen molar-refractivity contribution in [2.75, 3.05) is 6.54 Å². The monoisotopic (exact) mass is 343 g/mol. The Morgan fingerprint density at radius 2 is 1.88 bits per heavy atom. The lowest BCUT2D eigenvalue weighted by Gasteiger charge is -2.31. The van der Waals surface area contributed by atoms with E-state index >= 15 is 0 Å². The Morgan fingerprint density at radius 1 is 1.24 bits per heavy atom. The SMILES string of the molecule is CC(C)[C@@H]1[C@H]2OC(=O)C(c3ccccc3)=C2CN1C(=O)OC(C)(C)C. The van der Waals surface area contributed by atoms with Crippen LogP contribution in [0.5, 0.6) is 0 Å². The van der Waals surface area contributed by atoms with Gasteiger partial charge >= 0.3 is 12.1 Å². The number of hydrogen-bond acceptors (Lipinski definition) is 4. The van der Waals surface area contributed by atoms with E-state index in [1.54, 1.807) is 4.90 Å². The summed E-state index contributed by atoms with van der Waals surface area (Å²) in [6.45, 7) is 9.96. The fourth-order valence-electron chi connectivity index (χ4n) is 3.54. The van der Waals surface area contributed by atoms with Crippen molar-refractivity contribution in [2.45, 2.75) is 52.4 Å². The highest BCUT2D eigenvalue weighted by Crippen LogP contribution is 2.41. The molecule has 0 N–H and O–H groups in total. The van der Waals surface area contributed by atoms with Crippen molar-refractivity contribution in [3.05, 3.63) is 41.5 Å². The first-order valence-electron chi connectivity index (χ1n) is 8.68. The first-order valence-corrected chi connectivity index (χ1v) is 8.68. The third-order valence-electron chi connectivity index (χ3n) is 4.49. The summed E-state index contributed by atoms with van der Waals surface area (Å²) in [6, 6.07) is 9.27. The molecule has 0 unspecified atom stereocenters. The average Bonchev–Trinajstić information content (AvgIpc) is 3.00. The molecule has 2 atom stereocenters. The normalized spacial score (nSPS) is 23.1. The minimum Gasteiger partial charge on any atom is -0.452 e. The molecule has 25 heavy (non-hydrogen) atoms. The van der Waals surface area contributed by atoms with Crippen LogP contribution in [-0.2, 0) is 14.3 Å². The lowest BCUT2D eigenvalue weighted by Crippen LogP contribution is -2.46. The second-order valence-electron chi connectivity index (χ2n) is 7.94. The van der Waals surface area contributed by atoms with Crippen LogP contribution in [0.25, 0.3) is 5.57 Å². The van der Waals surface area contributed by atoms with Crippen LogP contribution in [0.15, 0.2) is 35.9 Å². The fraction of sp³-hybridized carbons (Fsp3) is 0.500. The molecule has 1 saturated heterocycles. The number of ether oxygens (including phenoxy) is 2. The number of rotatable bonds is 2. The number of hydrogen-bond donors (Lipinski definition) is 0. The Hall–Kier alpha value is -2.30. The van der Waals surface area contributed by atoms with Gasteiger partial charge in [-0.15, -0.1) is 0 Å². The highest BCUT2D eigenvalue weighted by Gasteiger charge is 2.51. The van der Waals surface area contributed by atoms with Gasteiger partial charge in [-0.2, -0.15) is 0 Å². The van der Waals surface area contributed by atoms with Gasteiger partial charge in [0.25, 0.3) is 0 Å². The summed E-state index contributed by atoms with van der Waals surface area (Å²) >= 11 is 0. The number of esters is 1. The van der Waals surface area contributed by atoms with Crippen LogP contribution in [0.2, 0.25) is 0 Å². The van der Waals surface area contributed by atoms with Crippen molar-refractivity contribution in [1.82, 2.24) is 4.90 Å². The van der Waals surface area contributed by atoms with E-state index in [1.165, 1.54) is 0 Å². The maximum atomic E-state index is 12.7. The van der Waals surface area contributed by atoms with E-state index < -0.39 is 11.7 Å².